The Morgan fingerprint density at radius 1 is 1.47 bits per heavy atom. The Kier molecular flexibility index (Phi) is 2.72. The van der Waals surface area contributed by atoms with Crippen LogP contribution in [0.2, 0.25) is 0 Å². The molecular formula is C12H13BrN4. The molecular weight excluding hydrogens is 280 g/mol. The SMILES string of the molecule is NCc1ncc(Br)cc1-n1ccc(C2CC2)n1. The average Bonchev–Trinajstić information content (AvgIpc) is 3.07. The maximum Gasteiger partial charge on any atom is 0.0885 e. The van der Waals surface area contributed by atoms with Crippen LogP contribution >= 0.6 is 15.9 Å². The lowest BCUT2D eigenvalue weighted by Crippen LogP contribution is -2.07. The van der Waals surface area contributed by atoms with E-state index in [4.69, 9.17) is 5.73 Å². The topological polar surface area (TPSA) is 56.7 Å². The van der Waals surface area contributed by atoms with Gasteiger partial charge in [0.25, 0.3) is 0 Å². The first-order chi connectivity index (χ1) is 8.28. The molecule has 0 spiro atoms. The van der Waals surface area contributed by atoms with E-state index >= 15 is 0 Å². The minimum Gasteiger partial charge on any atom is -0.325 e. The highest BCUT2D eigenvalue weighted by Gasteiger charge is 2.26. The number of hydrogen-bond acceptors (Lipinski definition) is 3. The summed E-state index contributed by atoms with van der Waals surface area (Å²) >= 11 is 3.43. The van der Waals surface area contributed by atoms with Gasteiger partial charge in [-0.25, -0.2) is 4.68 Å². The quantitative estimate of drug-likeness (QED) is 0.945. The van der Waals surface area contributed by atoms with Crippen molar-refractivity contribution in [2.45, 2.75) is 25.3 Å². The van der Waals surface area contributed by atoms with Crippen molar-refractivity contribution in [3.05, 3.63) is 40.4 Å². The number of aromatic nitrogens is 3. The van der Waals surface area contributed by atoms with Gasteiger partial charge in [-0.15, -0.1) is 0 Å². The summed E-state index contributed by atoms with van der Waals surface area (Å²) in [6.07, 6.45) is 6.27. The van der Waals surface area contributed by atoms with E-state index in [1.54, 1.807) is 6.20 Å². The molecule has 5 heteroatoms. The zero-order chi connectivity index (χ0) is 11.8. The first kappa shape index (κ1) is 10.9. The van der Waals surface area contributed by atoms with Gasteiger partial charge in [-0.1, -0.05) is 0 Å². The third-order valence-corrected chi connectivity index (χ3v) is 3.39. The molecule has 2 heterocycles. The van der Waals surface area contributed by atoms with Gasteiger partial charge in [0, 0.05) is 29.3 Å². The fraction of sp³-hybridized carbons (Fsp3) is 0.333. The van der Waals surface area contributed by atoms with E-state index < -0.39 is 0 Å². The molecule has 0 saturated heterocycles. The molecule has 2 N–H and O–H groups in total. The van der Waals surface area contributed by atoms with Crippen molar-refractivity contribution in [3.63, 3.8) is 0 Å². The lowest BCUT2D eigenvalue weighted by atomic mass is 10.3. The van der Waals surface area contributed by atoms with Crippen molar-refractivity contribution in [2.75, 3.05) is 0 Å². The highest BCUT2D eigenvalue weighted by molar-refractivity contribution is 9.10. The van der Waals surface area contributed by atoms with Crippen LogP contribution in [0.5, 0.6) is 0 Å². The summed E-state index contributed by atoms with van der Waals surface area (Å²) in [5.41, 5.74) is 8.68. The van der Waals surface area contributed by atoms with Gasteiger partial charge in [-0.2, -0.15) is 5.10 Å². The second kappa shape index (κ2) is 4.23. The van der Waals surface area contributed by atoms with Crippen molar-refractivity contribution < 1.29 is 0 Å². The van der Waals surface area contributed by atoms with Crippen molar-refractivity contribution in [3.8, 4) is 5.69 Å². The van der Waals surface area contributed by atoms with Gasteiger partial charge in [0.15, 0.2) is 0 Å². The number of nitrogens with two attached hydrogens (primary N) is 1. The summed E-state index contributed by atoms with van der Waals surface area (Å²) in [6.45, 7) is 0.418. The monoisotopic (exact) mass is 292 g/mol. The van der Waals surface area contributed by atoms with Crippen LogP contribution in [-0.4, -0.2) is 14.8 Å². The summed E-state index contributed by atoms with van der Waals surface area (Å²) in [4.78, 5) is 4.31. The molecule has 0 amide bonds. The summed E-state index contributed by atoms with van der Waals surface area (Å²) in [5.74, 6) is 0.665. The van der Waals surface area contributed by atoms with Crippen molar-refractivity contribution >= 4 is 15.9 Å². The van der Waals surface area contributed by atoms with Crippen LogP contribution in [0.3, 0.4) is 0 Å². The average molecular weight is 293 g/mol. The van der Waals surface area contributed by atoms with E-state index in [0.29, 0.717) is 12.5 Å². The van der Waals surface area contributed by atoms with Gasteiger partial charge >= 0.3 is 0 Å². The number of hydrogen-bond donors (Lipinski definition) is 1. The number of nitrogens with zero attached hydrogens (tertiary/aromatic N) is 3. The largest absolute Gasteiger partial charge is 0.325 e. The van der Waals surface area contributed by atoms with Gasteiger partial charge in [0.1, 0.15) is 0 Å². The fourth-order valence-electron chi connectivity index (χ4n) is 1.88. The summed E-state index contributed by atoms with van der Waals surface area (Å²) in [6, 6.07) is 4.08. The Bertz CT molecular complexity index is 545. The van der Waals surface area contributed by atoms with Crippen LogP contribution in [0, 0.1) is 0 Å². The number of halogens is 1. The molecule has 0 radical (unpaired) electrons. The summed E-state index contributed by atoms with van der Waals surface area (Å²) in [7, 11) is 0. The van der Waals surface area contributed by atoms with Crippen LogP contribution in [0.25, 0.3) is 5.69 Å². The zero-order valence-corrected chi connectivity index (χ0v) is 10.9. The molecule has 2 aromatic heterocycles. The van der Waals surface area contributed by atoms with Gasteiger partial charge in [0.05, 0.1) is 17.1 Å². The molecule has 2 aromatic rings. The molecule has 0 bridgehead atoms. The predicted molar refractivity (Wildman–Crippen MR) is 68.9 cm³/mol. The van der Waals surface area contributed by atoms with Gasteiger partial charge in [0.2, 0.25) is 0 Å². The number of rotatable bonds is 3. The minimum absolute atomic E-state index is 0.418. The maximum atomic E-state index is 5.70. The van der Waals surface area contributed by atoms with Crippen molar-refractivity contribution in [1.82, 2.24) is 14.8 Å². The molecule has 88 valence electrons. The second-order valence-corrected chi connectivity index (χ2v) is 5.20. The van der Waals surface area contributed by atoms with E-state index in [9.17, 15) is 0 Å². The molecule has 1 aliphatic carbocycles. The molecule has 1 fully saturated rings. The van der Waals surface area contributed by atoms with Crippen LogP contribution in [0.4, 0.5) is 0 Å². The van der Waals surface area contributed by atoms with E-state index in [-0.39, 0.29) is 0 Å². The van der Waals surface area contributed by atoms with Gasteiger partial charge in [-0.3, -0.25) is 4.98 Å². The van der Waals surface area contributed by atoms with Crippen molar-refractivity contribution in [1.29, 1.82) is 0 Å². The highest BCUT2D eigenvalue weighted by atomic mass is 79.9. The first-order valence-corrected chi connectivity index (χ1v) is 6.47. The molecule has 3 rings (SSSR count). The molecule has 1 aliphatic rings. The van der Waals surface area contributed by atoms with E-state index in [1.165, 1.54) is 18.5 Å². The third kappa shape index (κ3) is 2.12. The second-order valence-electron chi connectivity index (χ2n) is 4.28. The van der Waals surface area contributed by atoms with Crippen LogP contribution in [0.15, 0.2) is 29.0 Å². The smallest absolute Gasteiger partial charge is 0.0885 e. The van der Waals surface area contributed by atoms with Crippen LogP contribution in [0.1, 0.15) is 30.1 Å². The highest BCUT2D eigenvalue weighted by Crippen LogP contribution is 2.39. The molecule has 0 atom stereocenters. The maximum absolute atomic E-state index is 5.70. The van der Waals surface area contributed by atoms with E-state index in [0.717, 1.165) is 15.9 Å². The Labute approximate surface area is 108 Å². The van der Waals surface area contributed by atoms with Crippen LogP contribution < -0.4 is 5.73 Å². The van der Waals surface area contributed by atoms with Gasteiger partial charge < -0.3 is 5.73 Å². The first-order valence-electron chi connectivity index (χ1n) is 5.68. The normalized spacial score (nSPS) is 15.2. The zero-order valence-electron chi connectivity index (χ0n) is 9.31. The molecule has 0 aliphatic heterocycles. The molecule has 0 unspecified atom stereocenters. The summed E-state index contributed by atoms with van der Waals surface area (Å²) < 4.78 is 2.81. The molecule has 17 heavy (non-hydrogen) atoms. The van der Waals surface area contributed by atoms with E-state index in [2.05, 4.69) is 32.1 Å². The molecule has 1 saturated carbocycles. The minimum atomic E-state index is 0.418. The van der Waals surface area contributed by atoms with Gasteiger partial charge in [-0.05, 0) is 40.9 Å². The standard InChI is InChI=1S/C12H13BrN4/c13-9-5-12(11(6-14)15-7-9)17-4-3-10(16-17)8-1-2-8/h3-5,7-8H,1-2,6,14H2. The Hall–Kier alpha value is -1.20. The predicted octanol–water partition coefficient (Wildman–Crippen LogP) is 2.37. The molecule has 4 nitrogen and oxygen atoms in total. The third-order valence-electron chi connectivity index (χ3n) is 2.96. The summed E-state index contributed by atoms with van der Waals surface area (Å²) in [5, 5.41) is 4.59. The van der Waals surface area contributed by atoms with E-state index in [1.807, 2.05) is 16.9 Å². The molecule has 0 aromatic carbocycles. The van der Waals surface area contributed by atoms with Crippen molar-refractivity contribution in [2.24, 2.45) is 5.73 Å². The fourth-order valence-corrected chi connectivity index (χ4v) is 2.20. The Morgan fingerprint density at radius 3 is 3.00 bits per heavy atom. The number of pyridine rings is 1. The Balaban J connectivity index is 2.03. The lowest BCUT2D eigenvalue weighted by molar-refractivity contribution is 0.809. The Morgan fingerprint density at radius 2 is 2.29 bits per heavy atom. The van der Waals surface area contributed by atoms with Crippen LogP contribution in [-0.2, 0) is 6.54 Å². The lowest BCUT2D eigenvalue weighted by Gasteiger charge is -2.07.